The van der Waals surface area contributed by atoms with Gasteiger partial charge in [-0.05, 0) is 12.1 Å². The molecule has 0 aliphatic heterocycles. The Kier molecular flexibility index (Phi) is 10.8. The summed E-state index contributed by atoms with van der Waals surface area (Å²) < 4.78 is 7.70. The molecule has 4 aromatic heterocycles. The van der Waals surface area contributed by atoms with Crippen molar-refractivity contribution in [2.45, 2.75) is 27.7 Å². The van der Waals surface area contributed by atoms with Crippen LogP contribution in [0.1, 0.15) is 22.3 Å². The summed E-state index contributed by atoms with van der Waals surface area (Å²) in [4.78, 5) is 4.02. The third-order valence-electron chi connectivity index (χ3n) is 5.61. The van der Waals surface area contributed by atoms with Crippen molar-refractivity contribution < 1.29 is 29.2 Å². The predicted molar refractivity (Wildman–Crippen MR) is 145 cm³/mol. The van der Waals surface area contributed by atoms with E-state index in [0.717, 1.165) is 11.4 Å². The van der Waals surface area contributed by atoms with E-state index in [4.69, 9.17) is 0 Å². The molecule has 1 radical (unpaired) electrons. The summed E-state index contributed by atoms with van der Waals surface area (Å²) in [5, 5.41) is 14.0. The largest absolute Gasteiger partial charge is 0.348 e. The summed E-state index contributed by atoms with van der Waals surface area (Å²) in [6, 6.07) is 20.3. The molecule has 4 heterocycles. The molecule has 0 atom stereocenters. The molecule has 0 aliphatic carbocycles. The van der Waals surface area contributed by atoms with E-state index >= 15 is 0 Å². The molecule has 9 nitrogen and oxygen atoms in total. The molecule has 0 fully saturated rings. The fourth-order valence-corrected chi connectivity index (χ4v) is 3.81. The van der Waals surface area contributed by atoms with Gasteiger partial charge in [-0.3, -0.25) is 15.3 Å². The Morgan fingerprint density at radius 2 is 1.35 bits per heavy atom. The van der Waals surface area contributed by atoms with Crippen LogP contribution in [0.25, 0.3) is 22.9 Å². The van der Waals surface area contributed by atoms with Gasteiger partial charge in [-0.2, -0.15) is 63.9 Å². The molecule has 0 amide bonds. The zero-order valence-electron chi connectivity index (χ0n) is 23.3. The first-order valence-corrected chi connectivity index (χ1v) is 12.3. The number of tetrazole rings is 1. The number of nitrogens with zero attached hydrogens (tertiary/aromatic N) is 9. The van der Waals surface area contributed by atoms with Gasteiger partial charge in [0, 0.05) is 51.1 Å². The quantitative estimate of drug-likeness (QED) is 0.209. The number of benzene rings is 2. The monoisotopic (exact) mass is 709 g/mol. The third-order valence-corrected chi connectivity index (χ3v) is 5.61. The second-order valence-electron chi connectivity index (χ2n) is 9.09. The van der Waals surface area contributed by atoms with Gasteiger partial charge in [0.15, 0.2) is 0 Å². The SMILES string of the molecule is Cc1c[c-]c(-n2[c-][n+](C)cc2)c(C)c1.Cc1c[c-]c(-n2[c-][n+](C)cc2)c(C)c1.[Ir].c1ccc(-c2nnn[n-]2)nc1. The van der Waals surface area contributed by atoms with E-state index in [1.807, 2.05) is 81.4 Å². The molecule has 0 aliphatic rings. The molecule has 0 unspecified atom stereocenters. The first kappa shape index (κ1) is 30.3. The van der Waals surface area contributed by atoms with E-state index in [0.29, 0.717) is 11.5 Å². The van der Waals surface area contributed by atoms with Crippen LogP contribution in [0.3, 0.4) is 0 Å². The molecule has 0 N–H and O–H groups in total. The second-order valence-corrected chi connectivity index (χ2v) is 9.09. The van der Waals surface area contributed by atoms with Crippen LogP contribution in [0.4, 0.5) is 0 Å². The Morgan fingerprint density at radius 3 is 1.73 bits per heavy atom. The number of aromatic nitrogens is 9. The molecular formula is C30H30IrN9-3. The molecule has 2 aromatic carbocycles. The summed E-state index contributed by atoms with van der Waals surface area (Å²) in [5.41, 5.74) is 7.74. The van der Waals surface area contributed by atoms with Crippen LogP contribution in [0.15, 0.2) is 73.4 Å². The predicted octanol–water partition coefficient (Wildman–Crippen LogP) is 2.93. The van der Waals surface area contributed by atoms with E-state index in [1.54, 1.807) is 12.3 Å². The van der Waals surface area contributed by atoms with Gasteiger partial charge in [0.05, 0.1) is 25.6 Å². The van der Waals surface area contributed by atoms with Crippen molar-refractivity contribution in [1.82, 2.24) is 34.7 Å². The van der Waals surface area contributed by atoms with Crippen molar-refractivity contribution in [1.29, 1.82) is 0 Å². The van der Waals surface area contributed by atoms with Crippen molar-refractivity contribution in [3.05, 3.63) is 120 Å². The summed E-state index contributed by atoms with van der Waals surface area (Å²) in [5.74, 6) is 0.464. The molecule has 0 bridgehead atoms. The van der Waals surface area contributed by atoms with Crippen LogP contribution in [-0.2, 0) is 34.2 Å². The fraction of sp³-hybridized carbons (Fsp3) is 0.200. The van der Waals surface area contributed by atoms with Gasteiger partial charge in [0.2, 0.25) is 12.7 Å². The standard InChI is InChI=1S/2C12H13N2.C6H4N5.Ir/c2*1-10-4-5-12(11(2)8-10)14-7-6-13(3)9-14;1-2-4-7-5(3-1)6-8-10-11-9-6;/h2*4,6-8H,1-3H3;1-4H;/q3*-1;. The number of hydrogen-bond acceptors (Lipinski definition) is 4. The van der Waals surface area contributed by atoms with Gasteiger partial charge in [-0.25, -0.2) is 0 Å². The topological polar surface area (TPSA) is 83.3 Å². The maximum atomic E-state index is 4.02. The van der Waals surface area contributed by atoms with E-state index < -0.39 is 0 Å². The number of aryl methyl sites for hydroxylation is 6. The van der Waals surface area contributed by atoms with Crippen LogP contribution < -0.4 is 14.2 Å². The molecular weight excluding hydrogens is 679 g/mol. The van der Waals surface area contributed by atoms with Crippen molar-refractivity contribution in [3.8, 4) is 22.9 Å². The normalized spacial score (nSPS) is 10.1. The molecule has 6 aromatic rings. The molecule has 0 saturated carbocycles. The minimum atomic E-state index is 0. The van der Waals surface area contributed by atoms with E-state index in [-0.39, 0.29) is 20.1 Å². The van der Waals surface area contributed by atoms with Gasteiger partial charge in [0.1, 0.15) is 0 Å². The van der Waals surface area contributed by atoms with Gasteiger partial charge >= 0.3 is 0 Å². The molecule has 10 heteroatoms. The maximum Gasteiger partial charge on any atom is 0.241 e. The van der Waals surface area contributed by atoms with Crippen LogP contribution in [0.5, 0.6) is 0 Å². The van der Waals surface area contributed by atoms with Crippen LogP contribution >= 0.6 is 0 Å². The molecule has 40 heavy (non-hydrogen) atoms. The van der Waals surface area contributed by atoms with Crippen molar-refractivity contribution in [2.75, 3.05) is 0 Å². The van der Waals surface area contributed by atoms with Gasteiger partial charge in [-0.1, -0.05) is 45.1 Å². The van der Waals surface area contributed by atoms with E-state index in [9.17, 15) is 0 Å². The van der Waals surface area contributed by atoms with Crippen LogP contribution in [0, 0.1) is 52.5 Å². The Morgan fingerprint density at radius 1 is 0.800 bits per heavy atom. The first-order chi connectivity index (χ1) is 18.8. The summed E-state index contributed by atoms with van der Waals surface area (Å²) in [6.07, 6.45) is 15.9. The Bertz CT molecular complexity index is 1530. The van der Waals surface area contributed by atoms with E-state index in [1.165, 1.54) is 22.3 Å². The Hall–Kier alpha value is -4.27. The average molecular weight is 709 g/mol. The number of hydrogen-bond donors (Lipinski definition) is 0. The van der Waals surface area contributed by atoms with Crippen molar-refractivity contribution in [3.63, 3.8) is 0 Å². The minimum Gasteiger partial charge on any atom is -0.348 e. The molecule has 0 saturated heterocycles. The minimum absolute atomic E-state index is 0. The summed E-state index contributed by atoms with van der Waals surface area (Å²) in [6.45, 7) is 8.33. The second kappa shape index (κ2) is 14.2. The Labute approximate surface area is 248 Å². The zero-order chi connectivity index (χ0) is 27.8. The molecule has 0 spiro atoms. The number of imidazole rings is 2. The van der Waals surface area contributed by atoms with Crippen LogP contribution in [0.2, 0.25) is 0 Å². The Balaban J connectivity index is 0.000000165. The summed E-state index contributed by atoms with van der Waals surface area (Å²) >= 11 is 0. The zero-order valence-corrected chi connectivity index (χ0v) is 25.7. The number of rotatable bonds is 3. The maximum absolute atomic E-state index is 4.02. The van der Waals surface area contributed by atoms with Crippen LogP contribution in [-0.4, -0.2) is 29.6 Å². The number of pyridine rings is 1. The van der Waals surface area contributed by atoms with Gasteiger partial charge in [-0.15, -0.1) is 0 Å². The molecule has 6 rings (SSSR count). The average Bonchev–Trinajstić information content (AvgIpc) is 3.69. The smallest absolute Gasteiger partial charge is 0.241 e. The fourth-order valence-electron chi connectivity index (χ4n) is 3.81. The van der Waals surface area contributed by atoms with Gasteiger partial charge in [0.25, 0.3) is 0 Å². The third kappa shape index (κ3) is 8.11. The van der Waals surface area contributed by atoms with Gasteiger partial charge < -0.3 is 23.4 Å². The van der Waals surface area contributed by atoms with Crippen molar-refractivity contribution >= 4 is 0 Å². The first-order valence-electron chi connectivity index (χ1n) is 12.3. The van der Waals surface area contributed by atoms with Crippen molar-refractivity contribution in [2.24, 2.45) is 14.1 Å². The van der Waals surface area contributed by atoms with E-state index in [2.05, 4.69) is 90.2 Å². The molecule has 207 valence electrons. The summed E-state index contributed by atoms with van der Waals surface area (Å²) in [7, 11) is 3.92.